The lowest BCUT2D eigenvalue weighted by atomic mass is 10.2. The number of thiazole rings is 1. The highest BCUT2D eigenvalue weighted by atomic mass is 32.1. The number of anilines is 1. The van der Waals surface area contributed by atoms with Crippen LogP contribution in [0.3, 0.4) is 0 Å². The standard InChI is InChI=1S/C16H18N4O2S/c21-14(18-8-5-11-3-6-17-7-4-11)9-13-10-23-16(19-13)20-15(22)12-1-2-12/h3-4,6-7,10,12H,1-2,5,8-9H2,(H,18,21)(H,19,20,22). The van der Waals surface area contributed by atoms with E-state index in [4.69, 9.17) is 0 Å². The molecule has 1 fully saturated rings. The Bertz CT molecular complexity index is 682. The van der Waals surface area contributed by atoms with E-state index < -0.39 is 0 Å². The molecule has 2 aromatic rings. The smallest absolute Gasteiger partial charge is 0.229 e. The third kappa shape index (κ3) is 4.85. The van der Waals surface area contributed by atoms with E-state index in [2.05, 4.69) is 20.6 Å². The van der Waals surface area contributed by atoms with Gasteiger partial charge in [-0.1, -0.05) is 0 Å². The first-order valence-electron chi connectivity index (χ1n) is 7.61. The molecule has 3 rings (SSSR count). The van der Waals surface area contributed by atoms with Crippen LogP contribution < -0.4 is 10.6 Å². The van der Waals surface area contributed by atoms with Crippen LogP contribution in [0.25, 0.3) is 0 Å². The summed E-state index contributed by atoms with van der Waals surface area (Å²) in [6.45, 7) is 0.582. The fraction of sp³-hybridized carbons (Fsp3) is 0.375. The van der Waals surface area contributed by atoms with Gasteiger partial charge in [-0.2, -0.15) is 0 Å². The van der Waals surface area contributed by atoms with Crippen LogP contribution in [0.4, 0.5) is 5.13 Å². The van der Waals surface area contributed by atoms with Gasteiger partial charge in [0.1, 0.15) is 0 Å². The Hall–Kier alpha value is -2.28. The van der Waals surface area contributed by atoms with E-state index in [1.165, 1.54) is 11.3 Å². The molecule has 0 unspecified atom stereocenters. The monoisotopic (exact) mass is 330 g/mol. The number of amides is 2. The van der Waals surface area contributed by atoms with Crippen LogP contribution in [-0.2, 0) is 22.4 Å². The third-order valence-corrected chi connectivity index (χ3v) is 4.36. The highest BCUT2D eigenvalue weighted by molar-refractivity contribution is 7.13. The van der Waals surface area contributed by atoms with Crippen molar-refractivity contribution in [2.45, 2.75) is 25.7 Å². The second kappa shape index (κ2) is 7.32. The zero-order chi connectivity index (χ0) is 16.1. The lowest BCUT2D eigenvalue weighted by molar-refractivity contribution is -0.120. The SMILES string of the molecule is O=C(Cc1csc(NC(=O)C2CC2)n1)NCCc1ccncc1. The number of hydrogen-bond donors (Lipinski definition) is 2. The number of carbonyl (C=O) groups excluding carboxylic acids is 2. The maximum atomic E-state index is 11.9. The van der Waals surface area contributed by atoms with Crippen molar-refractivity contribution in [3.05, 3.63) is 41.2 Å². The Morgan fingerprint density at radius 2 is 2.04 bits per heavy atom. The van der Waals surface area contributed by atoms with Gasteiger partial charge >= 0.3 is 0 Å². The molecule has 1 aliphatic carbocycles. The van der Waals surface area contributed by atoms with E-state index in [0.717, 1.165) is 24.8 Å². The van der Waals surface area contributed by atoms with E-state index in [-0.39, 0.29) is 24.2 Å². The Morgan fingerprint density at radius 1 is 1.26 bits per heavy atom. The van der Waals surface area contributed by atoms with Crippen LogP contribution >= 0.6 is 11.3 Å². The predicted molar refractivity (Wildman–Crippen MR) is 88.1 cm³/mol. The van der Waals surface area contributed by atoms with Crippen molar-refractivity contribution in [1.29, 1.82) is 0 Å². The fourth-order valence-electron chi connectivity index (χ4n) is 2.12. The Labute approximate surface area is 138 Å². The summed E-state index contributed by atoms with van der Waals surface area (Å²) in [5.74, 6) is 0.121. The third-order valence-electron chi connectivity index (χ3n) is 3.56. The lowest BCUT2D eigenvalue weighted by Crippen LogP contribution is -2.27. The van der Waals surface area contributed by atoms with Crippen molar-refractivity contribution in [3.8, 4) is 0 Å². The Kier molecular flexibility index (Phi) is 4.97. The molecule has 0 aromatic carbocycles. The van der Waals surface area contributed by atoms with E-state index in [0.29, 0.717) is 17.4 Å². The molecule has 2 heterocycles. The van der Waals surface area contributed by atoms with Gasteiger partial charge in [0.05, 0.1) is 12.1 Å². The number of rotatable bonds is 7. The average Bonchev–Trinajstić information content (AvgIpc) is 3.31. The summed E-state index contributed by atoms with van der Waals surface area (Å²) in [4.78, 5) is 31.8. The van der Waals surface area contributed by atoms with Gasteiger partial charge in [-0.15, -0.1) is 11.3 Å². The quantitative estimate of drug-likeness (QED) is 0.810. The van der Waals surface area contributed by atoms with Crippen molar-refractivity contribution in [3.63, 3.8) is 0 Å². The van der Waals surface area contributed by atoms with E-state index >= 15 is 0 Å². The highest BCUT2D eigenvalue weighted by Gasteiger charge is 2.30. The molecule has 0 spiro atoms. The summed E-state index contributed by atoms with van der Waals surface area (Å²) in [5.41, 5.74) is 1.82. The molecule has 7 heteroatoms. The molecule has 2 N–H and O–H groups in total. The summed E-state index contributed by atoms with van der Waals surface area (Å²) in [7, 11) is 0. The molecule has 2 aromatic heterocycles. The molecule has 0 atom stereocenters. The fourth-order valence-corrected chi connectivity index (χ4v) is 2.83. The zero-order valence-electron chi connectivity index (χ0n) is 12.6. The number of nitrogens with one attached hydrogen (secondary N) is 2. The van der Waals surface area contributed by atoms with Gasteiger partial charge in [-0.05, 0) is 37.0 Å². The van der Waals surface area contributed by atoms with Crippen LogP contribution in [0.15, 0.2) is 29.9 Å². The van der Waals surface area contributed by atoms with Gasteiger partial charge in [0.15, 0.2) is 5.13 Å². The molecular formula is C16H18N4O2S. The molecule has 120 valence electrons. The van der Waals surface area contributed by atoms with Crippen LogP contribution in [-0.4, -0.2) is 28.3 Å². The number of nitrogens with zero attached hydrogens (tertiary/aromatic N) is 2. The minimum Gasteiger partial charge on any atom is -0.355 e. The molecule has 0 bridgehead atoms. The van der Waals surface area contributed by atoms with Gasteiger partial charge in [0.2, 0.25) is 11.8 Å². The predicted octanol–water partition coefficient (Wildman–Crippen LogP) is 1.79. The first kappa shape index (κ1) is 15.6. The molecule has 0 aliphatic heterocycles. The van der Waals surface area contributed by atoms with Crippen molar-refractivity contribution in [1.82, 2.24) is 15.3 Å². The Morgan fingerprint density at radius 3 is 2.78 bits per heavy atom. The molecule has 0 saturated heterocycles. The minimum absolute atomic E-state index is 0.0349. The summed E-state index contributed by atoms with van der Waals surface area (Å²) < 4.78 is 0. The Balaban J connectivity index is 1.41. The van der Waals surface area contributed by atoms with E-state index in [1.54, 1.807) is 12.4 Å². The van der Waals surface area contributed by atoms with Crippen LogP contribution in [0.2, 0.25) is 0 Å². The second-order valence-electron chi connectivity index (χ2n) is 5.54. The van der Waals surface area contributed by atoms with Crippen LogP contribution in [0.5, 0.6) is 0 Å². The molecule has 1 aliphatic rings. The maximum Gasteiger partial charge on any atom is 0.229 e. The van der Waals surface area contributed by atoms with Gasteiger partial charge in [0, 0.05) is 30.2 Å². The number of hydrogen-bond acceptors (Lipinski definition) is 5. The molecule has 1 saturated carbocycles. The average molecular weight is 330 g/mol. The molecule has 2 amide bonds. The first-order chi connectivity index (χ1) is 11.2. The van der Waals surface area contributed by atoms with Crippen molar-refractivity contribution in [2.75, 3.05) is 11.9 Å². The summed E-state index contributed by atoms with van der Waals surface area (Å²) in [6, 6.07) is 3.86. The first-order valence-corrected chi connectivity index (χ1v) is 8.49. The van der Waals surface area contributed by atoms with Gasteiger partial charge < -0.3 is 10.6 Å². The van der Waals surface area contributed by atoms with Gasteiger partial charge in [-0.3, -0.25) is 14.6 Å². The second-order valence-corrected chi connectivity index (χ2v) is 6.40. The van der Waals surface area contributed by atoms with Crippen molar-refractivity contribution >= 4 is 28.3 Å². The zero-order valence-corrected chi connectivity index (χ0v) is 13.4. The van der Waals surface area contributed by atoms with Crippen LogP contribution in [0.1, 0.15) is 24.1 Å². The summed E-state index contributed by atoms with van der Waals surface area (Å²) in [5, 5.41) is 8.05. The van der Waals surface area contributed by atoms with Gasteiger partial charge in [0.25, 0.3) is 0 Å². The number of pyridine rings is 1. The van der Waals surface area contributed by atoms with E-state index in [1.807, 2.05) is 17.5 Å². The lowest BCUT2D eigenvalue weighted by Gasteiger charge is -2.04. The summed E-state index contributed by atoms with van der Waals surface area (Å²) in [6.07, 6.45) is 6.40. The van der Waals surface area contributed by atoms with Crippen LogP contribution in [0, 0.1) is 5.92 Å². The van der Waals surface area contributed by atoms with E-state index in [9.17, 15) is 9.59 Å². The van der Waals surface area contributed by atoms with Crippen molar-refractivity contribution in [2.24, 2.45) is 5.92 Å². The topological polar surface area (TPSA) is 84.0 Å². The van der Waals surface area contributed by atoms with Gasteiger partial charge in [-0.25, -0.2) is 4.98 Å². The molecule has 6 nitrogen and oxygen atoms in total. The molecular weight excluding hydrogens is 312 g/mol. The number of carbonyl (C=O) groups is 2. The van der Waals surface area contributed by atoms with Crippen molar-refractivity contribution < 1.29 is 9.59 Å². The molecule has 0 radical (unpaired) electrons. The normalized spacial score (nSPS) is 13.6. The summed E-state index contributed by atoms with van der Waals surface area (Å²) >= 11 is 1.36. The molecule has 23 heavy (non-hydrogen) atoms. The largest absolute Gasteiger partial charge is 0.355 e. The highest BCUT2D eigenvalue weighted by Crippen LogP contribution is 2.30. The minimum atomic E-state index is -0.0653. The maximum absolute atomic E-state index is 11.9. The number of aromatic nitrogens is 2.